The first-order chi connectivity index (χ1) is 10.6. The third-order valence-electron chi connectivity index (χ3n) is 9.81. The Morgan fingerprint density at radius 2 is 1.04 bits per heavy atom. The first-order valence-electron chi connectivity index (χ1n) is 9.69. The van der Waals surface area contributed by atoms with Gasteiger partial charge in [-0.15, -0.1) is 0 Å². The third-order valence-corrected chi connectivity index (χ3v) is 11.0. The zero-order chi connectivity index (χ0) is 16.7. The first-order valence-corrected chi connectivity index (χ1v) is 11.0. The van der Waals surface area contributed by atoms with E-state index in [1.165, 1.54) is 38.5 Å². The maximum Gasteiger partial charge on any atom is -1.00 e. The quantitative estimate of drug-likeness (QED) is 0.559. The van der Waals surface area contributed by atoms with Crippen molar-refractivity contribution in [3.8, 4) is 0 Å². The van der Waals surface area contributed by atoms with E-state index < -0.39 is 19.9 Å². The fraction of sp³-hybridized carbons (Fsp3) is 1.00. The van der Waals surface area contributed by atoms with Crippen LogP contribution in [-0.4, -0.2) is 12.2 Å². The molecular weight excluding hydrogens is 391 g/mol. The van der Waals surface area contributed by atoms with Gasteiger partial charge in [-0.3, -0.25) is 0 Å². The molecule has 4 fully saturated rings. The second kappa shape index (κ2) is 6.92. The van der Waals surface area contributed by atoms with Gasteiger partial charge < -0.3 is 24.8 Å². The maximum atomic E-state index is 6.46. The van der Waals surface area contributed by atoms with E-state index in [2.05, 4.69) is 41.5 Å². The van der Waals surface area contributed by atoms with E-state index in [0.29, 0.717) is 33.9 Å². The summed E-state index contributed by atoms with van der Waals surface area (Å²) < 4.78 is 12.9. The van der Waals surface area contributed by atoms with Crippen LogP contribution in [0.4, 0.5) is 0 Å². The van der Waals surface area contributed by atoms with Gasteiger partial charge in [0.2, 0.25) is 0 Å². The molecule has 0 aromatic carbocycles. The molecule has 0 radical (unpaired) electrons. The average molecular weight is 425 g/mol. The number of hydrogen-bond donors (Lipinski definition) is 0. The van der Waals surface area contributed by atoms with Gasteiger partial charge >= 0.3 is 152 Å². The molecule has 0 heterocycles. The van der Waals surface area contributed by atoms with Crippen LogP contribution in [0, 0.1) is 33.5 Å². The molecule has 0 aromatic heterocycles. The Hall–Kier alpha value is 1.21. The van der Waals surface area contributed by atoms with Gasteiger partial charge in [-0.05, 0) is 0 Å². The summed E-state index contributed by atoms with van der Waals surface area (Å²) in [6.07, 6.45) is 8.95. The standard InChI is InChI=1S/2C10H17O.2ClH.Ti/c2*1-9(2)7-4-5-10(9,3)8(11)6-7;;;/h2*7-8H,4-6H2,1-3H3;2*1H;/q2*-1;;;+4/p-2. The minimum absolute atomic E-state index is 0. The van der Waals surface area contributed by atoms with Crippen LogP contribution >= 0.6 is 0 Å². The van der Waals surface area contributed by atoms with Gasteiger partial charge in [0.25, 0.3) is 0 Å². The van der Waals surface area contributed by atoms with Crippen LogP contribution in [0.15, 0.2) is 0 Å². The minimum atomic E-state index is -0.723. The Morgan fingerprint density at radius 1 is 0.680 bits per heavy atom. The van der Waals surface area contributed by atoms with Crippen molar-refractivity contribution in [2.75, 3.05) is 0 Å². The summed E-state index contributed by atoms with van der Waals surface area (Å²) in [5.74, 6) is 1.73. The van der Waals surface area contributed by atoms with Crippen LogP contribution < -0.4 is 24.8 Å². The molecule has 6 unspecified atom stereocenters. The maximum absolute atomic E-state index is 6.46. The van der Waals surface area contributed by atoms with E-state index in [0.717, 1.165) is 11.8 Å². The Balaban J connectivity index is 0.00000113. The van der Waals surface area contributed by atoms with Crippen LogP contribution in [0.1, 0.15) is 80.1 Å². The third kappa shape index (κ3) is 2.84. The molecule has 0 N–H and O–H groups in total. The zero-order valence-corrected chi connectivity index (χ0v) is 19.7. The second-order valence-corrected chi connectivity index (χ2v) is 11.5. The molecule has 25 heavy (non-hydrogen) atoms. The fourth-order valence-electron chi connectivity index (χ4n) is 6.76. The monoisotopic (exact) mass is 424 g/mol. The van der Waals surface area contributed by atoms with Crippen molar-refractivity contribution in [3.05, 3.63) is 0 Å². The molecule has 0 spiro atoms. The molecule has 0 amide bonds. The van der Waals surface area contributed by atoms with Crippen molar-refractivity contribution < 1.29 is 51.4 Å². The number of halogens is 2. The minimum Gasteiger partial charge on any atom is -1.00 e. The predicted octanol–water partition coefficient (Wildman–Crippen LogP) is -0.630. The number of rotatable bonds is 4. The molecule has 0 saturated heterocycles. The topological polar surface area (TPSA) is 18.5 Å². The van der Waals surface area contributed by atoms with Crippen molar-refractivity contribution in [2.45, 2.75) is 92.3 Å². The molecular formula is C20H34Cl2O2Ti. The first kappa shape index (κ1) is 22.5. The number of fused-ring (bicyclic) bond motifs is 4. The molecule has 4 rings (SSSR count). The van der Waals surface area contributed by atoms with Gasteiger partial charge in [-0.1, -0.05) is 0 Å². The van der Waals surface area contributed by atoms with Gasteiger partial charge in [-0.2, -0.15) is 0 Å². The van der Waals surface area contributed by atoms with Gasteiger partial charge in [0, 0.05) is 0 Å². The van der Waals surface area contributed by atoms with Gasteiger partial charge in [0.1, 0.15) is 0 Å². The average Bonchev–Trinajstić information content (AvgIpc) is 2.98. The van der Waals surface area contributed by atoms with E-state index in [4.69, 9.17) is 6.64 Å². The normalized spacial score (nSPS) is 47.9. The van der Waals surface area contributed by atoms with E-state index in [-0.39, 0.29) is 24.8 Å². The molecule has 5 heteroatoms. The Kier molecular flexibility index (Phi) is 6.23. The molecule has 144 valence electrons. The van der Waals surface area contributed by atoms with Crippen LogP contribution in [0.25, 0.3) is 0 Å². The summed E-state index contributed by atoms with van der Waals surface area (Å²) in [5.41, 5.74) is 1.65. The molecule has 4 bridgehead atoms. The van der Waals surface area contributed by atoms with Crippen LogP contribution in [-0.2, 0) is 26.6 Å². The van der Waals surface area contributed by atoms with Crippen molar-refractivity contribution >= 4 is 0 Å². The van der Waals surface area contributed by atoms with E-state index in [1.807, 2.05) is 0 Å². The van der Waals surface area contributed by atoms with Gasteiger partial charge in [0.05, 0.1) is 0 Å². The largest absolute Gasteiger partial charge is 1.00 e. The summed E-state index contributed by atoms with van der Waals surface area (Å²) in [5, 5.41) is 0. The Labute approximate surface area is 176 Å². The van der Waals surface area contributed by atoms with E-state index in [1.54, 1.807) is 0 Å². The van der Waals surface area contributed by atoms with E-state index in [9.17, 15) is 0 Å². The summed E-state index contributed by atoms with van der Waals surface area (Å²) in [7, 11) is 0. The summed E-state index contributed by atoms with van der Waals surface area (Å²) in [6.45, 7) is 14.8. The smallest absolute Gasteiger partial charge is 1.00 e. The van der Waals surface area contributed by atoms with Crippen LogP contribution in [0.5, 0.6) is 0 Å². The van der Waals surface area contributed by atoms with E-state index >= 15 is 0 Å². The zero-order valence-electron chi connectivity index (χ0n) is 16.6. The summed E-state index contributed by atoms with van der Waals surface area (Å²) in [4.78, 5) is 0. The van der Waals surface area contributed by atoms with Crippen molar-refractivity contribution in [2.24, 2.45) is 33.5 Å². The fourth-order valence-corrected chi connectivity index (χ4v) is 8.32. The molecule has 4 aliphatic carbocycles. The number of hydrogen-bond acceptors (Lipinski definition) is 2. The molecule has 0 aliphatic heterocycles. The summed E-state index contributed by atoms with van der Waals surface area (Å²) in [6, 6.07) is 0. The van der Waals surface area contributed by atoms with Gasteiger partial charge in [-0.25, -0.2) is 0 Å². The molecule has 0 aromatic rings. The van der Waals surface area contributed by atoms with Crippen LogP contribution in [0.2, 0.25) is 0 Å². The van der Waals surface area contributed by atoms with Crippen molar-refractivity contribution in [1.29, 1.82) is 0 Å². The molecule has 4 aliphatic rings. The Bertz CT molecular complexity index is 468. The Morgan fingerprint density at radius 3 is 1.28 bits per heavy atom. The molecule has 4 saturated carbocycles. The van der Waals surface area contributed by atoms with Crippen molar-refractivity contribution in [1.82, 2.24) is 0 Å². The molecule has 2 nitrogen and oxygen atoms in total. The molecule has 6 atom stereocenters. The van der Waals surface area contributed by atoms with Gasteiger partial charge in [0.15, 0.2) is 0 Å². The van der Waals surface area contributed by atoms with Crippen LogP contribution in [0.3, 0.4) is 0 Å². The summed E-state index contributed by atoms with van der Waals surface area (Å²) >= 11 is -0.723. The van der Waals surface area contributed by atoms with Crippen molar-refractivity contribution in [3.63, 3.8) is 0 Å². The predicted molar refractivity (Wildman–Crippen MR) is 88.2 cm³/mol. The second-order valence-electron chi connectivity index (χ2n) is 10.5. The SMILES string of the molecule is CC1(C)C2CCC1(C)C([O][Ti+2][O]C1CC3CCC1(C)C3(C)C)C2.[Cl-].[Cl-].